The van der Waals surface area contributed by atoms with E-state index in [2.05, 4.69) is 10.3 Å². The van der Waals surface area contributed by atoms with Gasteiger partial charge in [0.1, 0.15) is 0 Å². The summed E-state index contributed by atoms with van der Waals surface area (Å²) in [6.07, 6.45) is 3.69. The predicted octanol–water partition coefficient (Wildman–Crippen LogP) is 3.22. The molecule has 0 aliphatic rings. The Morgan fingerprint density at radius 1 is 1.39 bits per heavy atom. The molecule has 1 amide bonds. The highest BCUT2D eigenvalue weighted by Crippen LogP contribution is 2.19. The summed E-state index contributed by atoms with van der Waals surface area (Å²) in [6, 6.07) is 9.08. The minimum absolute atomic E-state index is 0.0616. The van der Waals surface area contributed by atoms with Gasteiger partial charge in [-0.25, -0.2) is 0 Å². The molecule has 0 fully saturated rings. The SMILES string of the molecule is Cc1cc(Cl)ccc1NC(=O)Cc1cccnc1. The molecule has 0 unspecified atom stereocenters. The summed E-state index contributed by atoms with van der Waals surface area (Å²) in [7, 11) is 0. The normalized spacial score (nSPS) is 10.1. The number of aryl methyl sites for hydroxylation is 1. The van der Waals surface area contributed by atoms with Crippen LogP contribution < -0.4 is 5.32 Å². The average molecular weight is 261 g/mol. The maximum atomic E-state index is 11.8. The smallest absolute Gasteiger partial charge is 0.228 e. The molecule has 18 heavy (non-hydrogen) atoms. The molecule has 92 valence electrons. The van der Waals surface area contributed by atoms with E-state index in [0.717, 1.165) is 16.8 Å². The zero-order valence-corrected chi connectivity index (χ0v) is 10.7. The van der Waals surface area contributed by atoms with E-state index in [-0.39, 0.29) is 5.91 Å². The quantitative estimate of drug-likeness (QED) is 0.921. The molecule has 1 aromatic carbocycles. The fraction of sp³-hybridized carbons (Fsp3) is 0.143. The molecular weight excluding hydrogens is 248 g/mol. The second kappa shape index (κ2) is 5.65. The Hall–Kier alpha value is -1.87. The highest BCUT2D eigenvalue weighted by molar-refractivity contribution is 6.30. The van der Waals surface area contributed by atoms with Crippen LogP contribution in [0.15, 0.2) is 42.7 Å². The van der Waals surface area contributed by atoms with E-state index < -0.39 is 0 Å². The minimum atomic E-state index is -0.0616. The second-order valence-electron chi connectivity index (χ2n) is 4.05. The maximum absolute atomic E-state index is 11.8. The minimum Gasteiger partial charge on any atom is -0.326 e. The molecular formula is C14H13ClN2O. The average Bonchev–Trinajstić information content (AvgIpc) is 2.34. The zero-order valence-electron chi connectivity index (χ0n) is 9.98. The summed E-state index contributed by atoms with van der Waals surface area (Å²) in [6.45, 7) is 1.91. The van der Waals surface area contributed by atoms with Gasteiger partial charge in [-0.15, -0.1) is 0 Å². The summed E-state index contributed by atoms with van der Waals surface area (Å²) < 4.78 is 0. The molecule has 2 rings (SSSR count). The Bertz CT molecular complexity index is 555. The first-order valence-electron chi connectivity index (χ1n) is 5.60. The van der Waals surface area contributed by atoms with Crippen molar-refractivity contribution in [2.24, 2.45) is 0 Å². The molecule has 0 saturated carbocycles. The van der Waals surface area contributed by atoms with Gasteiger partial charge in [0.2, 0.25) is 5.91 Å². The molecule has 1 N–H and O–H groups in total. The second-order valence-corrected chi connectivity index (χ2v) is 4.48. The Morgan fingerprint density at radius 2 is 2.22 bits per heavy atom. The number of rotatable bonds is 3. The fourth-order valence-corrected chi connectivity index (χ4v) is 1.88. The molecule has 4 heteroatoms. The highest BCUT2D eigenvalue weighted by atomic mass is 35.5. The molecule has 2 aromatic rings. The number of carbonyl (C=O) groups is 1. The van der Waals surface area contributed by atoms with Gasteiger partial charge in [-0.2, -0.15) is 0 Å². The van der Waals surface area contributed by atoms with E-state index in [1.807, 2.05) is 25.1 Å². The summed E-state index contributed by atoms with van der Waals surface area (Å²) in [5.74, 6) is -0.0616. The molecule has 1 aromatic heterocycles. The van der Waals surface area contributed by atoms with Crippen LogP contribution in [0.25, 0.3) is 0 Å². The Balaban J connectivity index is 2.03. The molecule has 0 bridgehead atoms. The summed E-state index contributed by atoms with van der Waals surface area (Å²) in [4.78, 5) is 15.8. The third kappa shape index (κ3) is 3.31. The van der Waals surface area contributed by atoms with Gasteiger partial charge in [0.05, 0.1) is 6.42 Å². The van der Waals surface area contributed by atoms with Crippen molar-refractivity contribution >= 4 is 23.2 Å². The number of anilines is 1. The van der Waals surface area contributed by atoms with Crippen LogP contribution >= 0.6 is 11.6 Å². The van der Waals surface area contributed by atoms with Crippen molar-refractivity contribution in [2.45, 2.75) is 13.3 Å². The number of benzene rings is 1. The Kier molecular flexibility index (Phi) is 3.95. The first kappa shape index (κ1) is 12.6. The molecule has 0 radical (unpaired) electrons. The monoisotopic (exact) mass is 260 g/mol. The maximum Gasteiger partial charge on any atom is 0.228 e. The third-order valence-corrected chi connectivity index (χ3v) is 2.79. The van der Waals surface area contributed by atoms with Gasteiger partial charge >= 0.3 is 0 Å². The van der Waals surface area contributed by atoms with Crippen LogP contribution in [-0.2, 0) is 11.2 Å². The van der Waals surface area contributed by atoms with Crippen molar-refractivity contribution in [1.82, 2.24) is 4.98 Å². The van der Waals surface area contributed by atoms with Crippen molar-refractivity contribution in [3.05, 3.63) is 58.9 Å². The molecule has 0 spiro atoms. The van der Waals surface area contributed by atoms with Crippen molar-refractivity contribution in [3.8, 4) is 0 Å². The van der Waals surface area contributed by atoms with Crippen LogP contribution in [0.3, 0.4) is 0 Å². The van der Waals surface area contributed by atoms with E-state index >= 15 is 0 Å². The molecule has 1 heterocycles. The number of hydrogen-bond acceptors (Lipinski definition) is 2. The molecule has 0 aliphatic heterocycles. The topological polar surface area (TPSA) is 42.0 Å². The lowest BCUT2D eigenvalue weighted by atomic mass is 10.1. The van der Waals surface area contributed by atoms with E-state index in [1.165, 1.54) is 0 Å². The largest absolute Gasteiger partial charge is 0.326 e. The number of hydrogen-bond donors (Lipinski definition) is 1. The Labute approximate surface area is 111 Å². The van der Waals surface area contributed by atoms with Crippen molar-refractivity contribution in [1.29, 1.82) is 0 Å². The van der Waals surface area contributed by atoms with Crippen LogP contribution in [0.1, 0.15) is 11.1 Å². The lowest BCUT2D eigenvalue weighted by Gasteiger charge is -2.08. The predicted molar refractivity (Wildman–Crippen MR) is 72.8 cm³/mol. The van der Waals surface area contributed by atoms with Gasteiger partial charge < -0.3 is 5.32 Å². The number of carbonyl (C=O) groups excluding carboxylic acids is 1. The molecule has 0 saturated heterocycles. The lowest BCUT2D eigenvalue weighted by Crippen LogP contribution is -2.15. The van der Waals surface area contributed by atoms with Gasteiger partial charge in [0.15, 0.2) is 0 Å². The number of halogens is 1. The summed E-state index contributed by atoms with van der Waals surface area (Å²) in [5.41, 5.74) is 2.62. The van der Waals surface area contributed by atoms with E-state index in [9.17, 15) is 4.79 Å². The zero-order chi connectivity index (χ0) is 13.0. The van der Waals surface area contributed by atoms with Gasteiger partial charge in [-0.3, -0.25) is 9.78 Å². The van der Waals surface area contributed by atoms with E-state index in [0.29, 0.717) is 11.4 Å². The molecule has 3 nitrogen and oxygen atoms in total. The van der Waals surface area contributed by atoms with Crippen molar-refractivity contribution in [2.75, 3.05) is 5.32 Å². The number of nitrogens with zero attached hydrogens (tertiary/aromatic N) is 1. The van der Waals surface area contributed by atoms with Crippen LogP contribution in [0.2, 0.25) is 5.02 Å². The van der Waals surface area contributed by atoms with Gasteiger partial charge in [0.25, 0.3) is 0 Å². The van der Waals surface area contributed by atoms with E-state index in [4.69, 9.17) is 11.6 Å². The first-order chi connectivity index (χ1) is 8.65. The standard InChI is InChI=1S/C14H13ClN2O/c1-10-7-12(15)4-5-13(10)17-14(18)8-11-3-2-6-16-9-11/h2-7,9H,8H2,1H3,(H,17,18). The molecule has 0 atom stereocenters. The van der Waals surface area contributed by atoms with Crippen molar-refractivity contribution < 1.29 is 4.79 Å². The van der Waals surface area contributed by atoms with Crippen molar-refractivity contribution in [3.63, 3.8) is 0 Å². The Morgan fingerprint density at radius 3 is 2.89 bits per heavy atom. The third-order valence-electron chi connectivity index (χ3n) is 2.55. The van der Waals surface area contributed by atoms with Crippen LogP contribution in [-0.4, -0.2) is 10.9 Å². The first-order valence-corrected chi connectivity index (χ1v) is 5.98. The summed E-state index contributed by atoms with van der Waals surface area (Å²) >= 11 is 5.86. The number of amides is 1. The van der Waals surface area contributed by atoms with Crippen LogP contribution in [0.4, 0.5) is 5.69 Å². The lowest BCUT2D eigenvalue weighted by molar-refractivity contribution is -0.115. The number of pyridine rings is 1. The van der Waals surface area contributed by atoms with Gasteiger partial charge in [-0.1, -0.05) is 17.7 Å². The number of aromatic nitrogens is 1. The van der Waals surface area contributed by atoms with Crippen LogP contribution in [0, 0.1) is 6.92 Å². The summed E-state index contributed by atoms with van der Waals surface area (Å²) in [5, 5.41) is 3.53. The highest BCUT2D eigenvalue weighted by Gasteiger charge is 2.06. The molecule has 0 aliphatic carbocycles. The van der Waals surface area contributed by atoms with Gasteiger partial charge in [-0.05, 0) is 42.3 Å². The van der Waals surface area contributed by atoms with Gasteiger partial charge in [0, 0.05) is 23.1 Å². The van der Waals surface area contributed by atoms with E-state index in [1.54, 1.807) is 24.5 Å². The fourth-order valence-electron chi connectivity index (χ4n) is 1.65. The van der Waals surface area contributed by atoms with Crippen LogP contribution in [0.5, 0.6) is 0 Å². The number of nitrogens with one attached hydrogen (secondary N) is 1.